The Balaban J connectivity index is 2.51. The van der Waals surface area contributed by atoms with Crippen molar-refractivity contribution in [1.82, 2.24) is 4.98 Å². The summed E-state index contributed by atoms with van der Waals surface area (Å²) in [6, 6.07) is 1.34. The van der Waals surface area contributed by atoms with Crippen LogP contribution < -0.4 is 0 Å². The first-order chi connectivity index (χ1) is 6.56. The van der Waals surface area contributed by atoms with Crippen LogP contribution >= 0.6 is 11.6 Å². The molecule has 1 aromatic rings. The van der Waals surface area contributed by atoms with E-state index in [0.29, 0.717) is 12.8 Å². The zero-order chi connectivity index (χ0) is 10.3. The van der Waals surface area contributed by atoms with E-state index < -0.39 is 17.3 Å². The number of carboxylic acid groups (broad SMARTS) is 1. The normalized spacial score (nSPS) is 17.9. The van der Waals surface area contributed by atoms with Crippen molar-refractivity contribution in [3.8, 4) is 0 Å². The monoisotopic (exact) mass is 215 g/mol. The van der Waals surface area contributed by atoms with Gasteiger partial charge in [0.15, 0.2) is 0 Å². The molecule has 1 N–H and O–H groups in total. The summed E-state index contributed by atoms with van der Waals surface area (Å²) < 4.78 is 13.2. The van der Waals surface area contributed by atoms with E-state index in [1.807, 2.05) is 0 Å². The lowest BCUT2D eigenvalue weighted by Gasteiger charge is -2.10. The smallest absolute Gasteiger partial charge is 0.314 e. The van der Waals surface area contributed by atoms with Crippen LogP contribution in [0.5, 0.6) is 0 Å². The third-order valence-corrected chi connectivity index (χ3v) is 2.69. The molecule has 14 heavy (non-hydrogen) atoms. The van der Waals surface area contributed by atoms with Gasteiger partial charge in [-0.05, 0) is 18.9 Å². The van der Waals surface area contributed by atoms with Gasteiger partial charge in [-0.15, -0.1) is 0 Å². The Morgan fingerprint density at radius 1 is 1.64 bits per heavy atom. The first kappa shape index (κ1) is 9.40. The van der Waals surface area contributed by atoms with E-state index in [1.54, 1.807) is 0 Å². The highest BCUT2D eigenvalue weighted by atomic mass is 35.5. The quantitative estimate of drug-likeness (QED) is 0.768. The Bertz CT molecular complexity index is 404. The Hall–Kier alpha value is -1.16. The summed E-state index contributed by atoms with van der Waals surface area (Å²) in [7, 11) is 0. The molecule has 0 atom stereocenters. The maximum absolute atomic E-state index is 13.2. The summed E-state index contributed by atoms with van der Waals surface area (Å²) >= 11 is 5.63. The number of pyridine rings is 1. The molecular weight excluding hydrogens is 209 g/mol. The lowest BCUT2D eigenvalue weighted by molar-refractivity contribution is -0.140. The standard InChI is InChI=1S/C9H7ClFNO2/c10-5-3-6(7(11)12-4-5)9(1-2-9)8(13)14/h3-4H,1-2H2,(H,13,14). The third kappa shape index (κ3) is 1.26. The lowest BCUT2D eigenvalue weighted by Crippen LogP contribution is -2.21. The summed E-state index contributed by atoms with van der Waals surface area (Å²) in [5.74, 6) is -1.75. The second kappa shape index (κ2) is 2.92. The van der Waals surface area contributed by atoms with Crippen LogP contribution in [0.2, 0.25) is 5.02 Å². The summed E-state index contributed by atoms with van der Waals surface area (Å²) in [6.07, 6.45) is 2.06. The van der Waals surface area contributed by atoms with Crippen molar-refractivity contribution in [2.45, 2.75) is 18.3 Å². The minimum absolute atomic E-state index is 0.0949. The molecule has 0 aliphatic heterocycles. The average Bonchev–Trinajstić information content (AvgIpc) is 2.90. The number of carbonyl (C=O) groups is 1. The first-order valence-corrected chi connectivity index (χ1v) is 4.49. The molecule has 2 rings (SSSR count). The van der Waals surface area contributed by atoms with E-state index in [0.717, 1.165) is 6.20 Å². The van der Waals surface area contributed by atoms with Crippen molar-refractivity contribution in [3.05, 3.63) is 28.8 Å². The minimum atomic E-state index is -1.08. The van der Waals surface area contributed by atoms with E-state index in [2.05, 4.69) is 4.98 Å². The molecule has 0 aromatic carbocycles. The number of halogens is 2. The molecule has 0 unspecified atom stereocenters. The summed E-state index contributed by atoms with van der Waals surface area (Å²) in [5, 5.41) is 9.19. The van der Waals surface area contributed by atoms with Crippen molar-refractivity contribution >= 4 is 17.6 Å². The van der Waals surface area contributed by atoms with Crippen LogP contribution in [0.3, 0.4) is 0 Å². The summed E-state index contributed by atoms with van der Waals surface area (Å²) in [4.78, 5) is 14.3. The maximum Gasteiger partial charge on any atom is 0.314 e. The minimum Gasteiger partial charge on any atom is -0.481 e. The van der Waals surface area contributed by atoms with Gasteiger partial charge in [0, 0.05) is 11.8 Å². The first-order valence-electron chi connectivity index (χ1n) is 4.11. The molecule has 1 fully saturated rings. The molecule has 74 valence electrons. The van der Waals surface area contributed by atoms with Crippen LogP contribution in [-0.2, 0) is 10.2 Å². The maximum atomic E-state index is 13.2. The number of nitrogens with zero attached hydrogens (tertiary/aromatic N) is 1. The van der Waals surface area contributed by atoms with Gasteiger partial charge in [-0.3, -0.25) is 4.79 Å². The van der Waals surface area contributed by atoms with Crippen molar-refractivity contribution in [1.29, 1.82) is 0 Å². The zero-order valence-corrected chi connectivity index (χ0v) is 7.88. The van der Waals surface area contributed by atoms with E-state index in [4.69, 9.17) is 16.7 Å². The van der Waals surface area contributed by atoms with Gasteiger partial charge in [-0.2, -0.15) is 4.39 Å². The van der Waals surface area contributed by atoms with Crippen LogP contribution in [0.15, 0.2) is 12.3 Å². The molecule has 1 aromatic heterocycles. The Kier molecular flexibility index (Phi) is 1.96. The second-order valence-electron chi connectivity index (χ2n) is 3.38. The van der Waals surface area contributed by atoms with E-state index in [-0.39, 0.29) is 10.6 Å². The van der Waals surface area contributed by atoms with Gasteiger partial charge in [-0.25, -0.2) is 4.98 Å². The highest BCUT2D eigenvalue weighted by Gasteiger charge is 2.53. The predicted molar refractivity (Wildman–Crippen MR) is 47.8 cm³/mol. The summed E-state index contributed by atoms with van der Waals surface area (Å²) in [5.41, 5.74) is -0.986. The topological polar surface area (TPSA) is 50.2 Å². The molecule has 0 radical (unpaired) electrons. The number of carboxylic acids is 1. The van der Waals surface area contributed by atoms with E-state index in [9.17, 15) is 9.18 Å². The molecule has 0 bridgehead atoms. The van der Waals surface area contributed by atoms with Gasteiger partial charge in [0.25, 0.3) is 0 Å². The van der Waals surface area contributed by atoms with Crippen molar-refractivity contribution in [2.75, 3.05) is 0 Å². The zero-order valence-electron chi connectivity index (χ0n) is 7.13. The molecular formula is C9H7ClFNO2. The molecule has 1 heterocycles. The van der Waals surface area contributed by atoms with Crippen LogP contribution in [0, 0.1) is 5.95 Å². The van der Waals surface area contributed by atoms with E-state index >= 15 is 0 Å². The molecule has 0 amide bonds. The van der Waals surface area contributed by atoms with Crippen LogP contribution in [0.25, 0.3) is 0 Å². The molecule has 1 aliphatic rings. The van der Waals surface area contributed by atoms with Gasteiger partial charge < -0.3 is 5.11 Å². The van der Waals surface area contributed by atoms with E-state index in [1.165, 1.54) is 6.07 Å². The fraction of sp³-hybridized carbons (Fsp3) is 0.333. The largest absolute Gasteiger partial charge is 0.481 e. The van der Waals surface area contributed by atoms with Crippen molar-refractivity contribution in [2.24, 2.45) is 0 Å². The van der Waals surface area contributed by atoms with Gasteiger partial charge in [0.05, 0.1) is 10.4 Å². The molecule has 0 spiro atoms. The number of rotatable bonds is 2. The molecule has 0 saturated heterocycles. The molecule has 1 aliphatic carbocycles. The fourth-order valence-corrected chi connectivity index (χ4v) is 1.64. The van der Waals surface area contributed by atoms with Crippen molar-refractivity contribution < 1.29 is 14.3 Å². The van der Waals surface area contributed by atoms with Gasteiger partial charge in [0.2, 0.25) is 5.95 Å². The number of hydrogen-bond acceptors (Lipinski definition) is 2. The Labute approximate surface area is 84.5 Å². The number of hydrogen-bond donors (Lipinski definition) is 1. The lowest BCUT2D eigenvalue weighted by atomic mass is 9.98. The van der Waals surface area contributed by atoms with Crippen LogP contribution in [-0.4, -0.2) is 16.1 Å². The van der Waals surface area contributed by atoms with Gasteiger partial charge in [-0.1, -0.05) is 11.6 Å². The van der Waals surface area contributed by atoms with Gasteiger partial charge in [0.1, 0.15) is 0 Å². The average molecular weight is 216 g/mol. The fourth-order valence-electron chi connectivity index (χ4n) is 1.48. The molecule has 3 nitrogen and oxygen atoms in total. The SMILES string of the molecule is O=C(O)C1(c2cc(Cl)cnc2F)CC1. The predicted octanol–water partition coefficient (Wildman–Crippen LogP) is 1.99. The third-order valence-electron chi connectivity index (χ3n) is 2.48. The van der Waals surface area contributed by atoms with Crippen molar-refractivity contribution in [3.63, 3.8) is 0 Å². The molecule has 5 heteroatoms. The van der Waals surface area contributed by atoms with Crippen LogP contribution in [0.4, 0.5) is 4.39 Å². The van der Waals surface area contributed by atoms with Gasteiger partial charge >= 0.3 is 5.97 Å². The highest BCUT2D eigenvalue weighted by Crippen LogP contribution is 2.49. The number of aromatic nitrogens is 1. The Morgan fingerprint density at radius 3 is 2.79 bits per heavy atom. The molecule has 1 saturated carbocycles. The number of aliphatic carboxylic acids is 1. The Morgan fingerprint density at radius 2 is 2.29 bits per heavy atom. The highest BCUT2D eigenvalue weighted by molar-refractivity contribution is 6.30. The van der Waals surface area contributed by atoms with Crippen LogP contribution in [0.1, 0.15) is 18.4 Å². The second-order valence-corrected chi connectivity index (χ2v) is 3.82. The summed E-state index contributed by atoms with van der Waals surface area (Å²) in [6.45, 7) is 0.